The van der Waals surface area contributed by atoms with Crippen molar-refractivity contribution >= 4 is 27.7 Å². The number of carbonyl (C=O) groups excluding carboxylic acids is 1. The third kappa shape index (κ3) is 3.36. The normalized spacial score (nSPS) is 15.4. The van der Waals surface area contributed by atoms with Crippen LogP contribution < -0.4 is 5.56 Å². The number of fused-ring (bicyclic) bond motifs is 3. The summed E-state index contributed by atoms with van der Waals surface area (Å²) in [6, 6.07) is 8.02. The van der Waals surface area contributed by atoms with Crippen molar-refractivity contribution in [3.8, 4) is 0 Å². The molecule has 6 nitrogen and oxygen atoms in total. The molecule has 1 aliphatic rings. The van der Waals surface area contributed by atoms with Gasteiger partial charge in [-0.2, -0.15) is 5.10 Å². The highest BCUT2D eigenvalue weighted by molar-refractivity contribution is 6.07. The topological polar surface area (TPSA) is 60.1 Å². The van der Waals surface area contributed by atoms with Crippen LogP contribution in [0.15, 0.2) is 35.3 Å². The summed E-state index contributed by atoms with van der Waals surface area (Å²) in [5.74, 6) is 0.243. The third-order valence-electron chi connectivity index (χ3n) is 5.60. The minimum absolute atomic E-state index is 0.0949. The molecule has 1 amide bonds. The van der Waals surface area contributed by atoms with E-state index in [2.05, 4.69) is 9.67 Å². The van der Waals surface area contributed by atoms with Gasteiger partial charge in [-0.05, 0) is 25.3 Å². The van der Waals surface area contributed by atoms with E-state index in [-0.39, 0.29) is 11.5 Å². The van der Waals surface area contributed by atoms with E-state index in [9.17, 15) is 9.59 Å². The first-order valence-electron chi connectivity index (χ1n) is 9.88. The van der Waals surface area contributed by atoms with Crippen molar-refractivity contribution in [1.29, 1.82) is 0 Å². The van der Waals surface area contributed by atoms with Gasteiger partial charge >= 0.3 is 0 Å². The van der Waals surface area contributed by atoms with Crippen LogP contribution in [0.3, 0.4) is 0 Å². The van der Waals surface area contributed by atoms with Crippen molar-refractivity contribution in [2.24, 2.45) is 7.05 Å². The molecule has 0 saturated carbocycles. The van der Waals surface area contributed by atoms with Gasteiger partial charge in [0.1, 0.15) is 5.52 Å². The van der Waals surface area contributed by atoms with E-state index in [0.717, 1.165) is 48.6 Å². The van der Waals surface area contributed by atoms with Crippen molar-refractivity contribution in [3.63, 3.8) is 0 Å². The van der Waals surface area contributed by atoms with E-state index < -0.39 is 0 Å². The van der Waals surface area contributed by atoms with E-state index in [4.69, 9.17) is 0 Å². The smallest absolute Gasteiger partial charge is 0.291 e. The minimum atomic E-state index is -0.0949. The second-order valence-electron chi connectivity index (χ2n) is 7.40. The van der Waals surface area contributed by atoms with Gasteiger partial charge in [-0.15, -0.1) is 0 Å². The maximum Gasteiger partial charge on any atom is 0.291 e. The molecule has 3 heterocycles. The average Bonchev–Trinajstić information content (AvgIpc) is 2.84. The Morgan fingerprint density at radius 3 is 2.59 bits per heavy atom. The minimum Gasteiger partial charge on any atom is -0.343 e. The van der Waals surface area contributed by atoms with Gasteiger partial charge in [0.25, 0.3) is 5.56 Å². The number of nitrogens with zero attached hydrogens (tertiary/aromatic N) is 4. The van der Waals surface area contributed by atoms with Crippen LogP contribution in [-0.4, -0.2) is 38.2 Å². The lowest BCUT2D eigenvalue weighted by Crippen LogP contribution is -2.31. The largest absolute Gasteiger partial charge is 0.343 e. The molecule has 2 aromatic heterocycles. The van der Waals surface area contributed by atoms with Gasteiger partial charge in [0.05, 0.1) is 6.20 Å². The van der Waals surface area contributed by atoms with Crippen molar-refractivity contribution < 1.29 is 4.79 Å². The Hall–Kier alpha value is -2.63. The molecule has 142 valence electrons. The number of para-hydroxylation sites is 1. The molecule has 0 bridgehead atoms. The zero-order valence-electron chi connectivity index (χ0n) is 15.9. The lowest BCUT2D eigenvalue weighted by molar-refractivity contribution is -0.131. The number of hydrogen-bond acceptors (Lipinski definition) is 3. The van der Waals surface area contributed by atoms with E-state index in [1.807, 2.05) is 29.2 Å². The molecule has 0 N–H and O–H groups in total. The lowest BCUT2D eigenvalue weighted by atomic mass is 10.2. The fraction of sp³-hybridized carbons (Fsp3) is 0.476. The zero-order chi connectivity index (χ0) is 18.8. The Bertz CT molecular complexity index is 1030. The molecule has 0 atom stereocenters. The van der Waals surface area contributed by atoms with Gasteiger partial charge in [-0.3, -0.25) is 9.59 Å². The van der Waals surface area contributed by atoms with E-state index in [1.165, 1.54) is 17.5 Å². The van der Waals surface area contributed by atoms with Gasteiger partial charge in [0.2, 0.25) is 5.91 Å². The Morgan fingerprint density at radius 2 is 1.81 bits per heavy atom. The zero-order valence-corrected chi connectivity index (χ0v) is 15.9. The summed E-state index contributed by atoms with van der Waals surface area (Å²) in [5, 5.41) is 6.10. The van der Waals surface area contributed by atoms with Crippen LogP contribution in [-0.2, 0) is 18.4 Å². The third-order valence-corrected chi connectivity index (χ3v) is 5.60. The summed E-state index contributed by atoms with van der Waals surface area (Å²) in [5.41, 5.74) is 1.61. The monoisotopic (exact) mass is 366 g/mol. The lowest BCUT2D eigenvalue weighted by Gasteiger charge is -2.20. The molecular weight excluding hydrogens is 340 g/mol. The standard InChI is InChI=1S/C21H26N4O2/c1-23-21(27)20-17(15-22-23)16-9-4-5-10-18(16)25(20)14-8-11-19(26)24-12-6-2-3-7-13-24/h4-5,9-10,15H,2-3,6-8,11-14H2,1H3. The number of amides is 1. The number of carbonyl (C=O) groups is 1. The summed E-state index contributed by atoms with van der Waals surface area (Å²) >= 11 is 0. The maximum absolute atomic E-state index is 12.7. The first kappa shape index (κ1) is 17.8. The first-order chi connectivity index (χ1) is 13.2. The Labute approximate surface area is 158 Å². The number of aryl methyl sites for hydroxylation is 2. The molecule has 0 radical (unpaired) electrons. The fourth-order valence-electron chi connectivity index (χ4n) is 4.14. The summed E-state index contributed by atoms with van der Waals surface area (Å²) in [6.45, 7) is 2.43. The highest BCUT2D eigenvalue weighted by Crippen LogP contribution is 2.26. The van der Waals surface area contributed by atoms with Gasteiger partial charge in [0, 0.05) is 49.4 Å². The van der Waals surface area contributed by atoms with Crippen LogP contribution in [0.1, 0.15) is 38.5 Å². The van der Waals surface area contributed by atoms with Crippen LogP contribution in [0.5, 0.6) is 0 Å². The van der Waals surface area contributed by atoms with Crippen molar-refractivity contribution in [2.75, 3.05) is 13.1 Å². The number of rotatable bonds is 4. The molecule has 1 fully saturated rings. The fourth-order valence-corrected chi connectivity index (χ4v) is 4.14. The highest BCUT2D eigenvalue weighted by atomic mass is 16.2. The predicted molar refractivity (Wildman–Crippen MR) is 107 cm³/mol. The predicted octanol–water partition coefficient (Wildman–Crippen LogP) is 3.07. The molecule has 1 saturated heterocycles. The Morgan fingerprint density at radius 1 is 1.07 bits per heavy atom. The molecule has 27 heavy (non-hydrogen) atoms. The molecule has 1 aromatic carbocycles. The van der Waals surface area contributed by atoms with Crippen LogP contribution in [0.25, 0.3) is 21.8 Å². The number of benzene rings is 1. The highest BCUT2D eigenvalue weighted by Gasteiger charge is 2.17. The summed E-state index contributed by atoms with van der Waals surface area (Å²) in [7, 11) is 1.67. The quantitative estimate of drug-likeness (QED) is 0.713. The first-order valence-corrected chi connectivity index (χ1v) is 9.88. The van der Waals surface area contributed by atoms with Gasteiger partial charge < -0.3 is 9.47 Å². The SMILES string of the molecule is Cn1ncc2c3ccccc3n(CCCC(=O)N3CCCCCC3)c2c1=O. The van der Waals surface area contributed by atoms with Crippen molar-refractivity contribution in [3.05, 3.63) is 40.8 Å². The molecule has 4 rings (SSSR count). The number of hydrogen-bond donors (Lipinski definition) is 0. The Kier molecular flexibility index (Phi) is 4.97. The molecular formula is C21H26N4O2. The second-order valence-corrected chi connectivity index (χ2v) is 7.40. The van der Waals surface area contributed by atoms with Crippen LogP contribution in [0.2, 0.25) is 0 Å². The van der Waals surface area contributed by atoms with E-state index in [0.29, 0.717) is 18.5 Å². The summed E-state index contributed by atoms with van der Waals surface area (Å²) in [4.78, 5) is 27.3. The molecule has 0 spiro atoms. The van der Waals surface area contributed by atoms with Crippen molar-refractivity contribution in [2.45, 2.75) is 45.1 Å². The maximum atomic E-state index is 12.7. The molecule has 3 aromatic rings. The number of aromatic nitrogens is 3. The van der Waals surface area contributed by atoms with Crippen molar-refractivity contribution in [1.82, 2.24) is 19.2 Å². The van der Waals surface area contributed by atoms with Gasteiger partial charge in [0.15, 0.2) is 0 Å². The summed E-state index contributed by atoms with van der Waals surface area (Å²) in [6.07, 6.45) is 7.69. The molecule has 0 aliphatic carbocycles. The number of likely N-dealkylation sites (tertiary alicyclic amines) is 1. The molecule has 0 unspecified atom stereocenters. The van der Waals surface area contributed by atoms with E-state index >= 15 is 0 Å². The van der Waals surface area contributed by atoms with Gasteiger partial charge in [-0.25, -0.2) is 4.68 Å². The summed E-state index contributed by atoms with van der Waals surface area (Å²) < 4.78 is 3.44. The van der Waals surface area contributed by atoms with Crippen LogP contribution in [0.4, 0.5) is 0 Å². The second kappa shape index (κ2) is 7.55. The molecule has 1 aliphatic heterocycles. The Balaban J connectivity index is 1.58. The van der Waals surface area contributed by atoms with Gasteiger partial charge in [-0.1, -0.05) is 31.0 Å². The van der Waals surface area contributed by atoms with E-state index in [1.54, 1.807) is 13.2 Å². The van der Waals surface area contributed by atoms with Crippen LogP contribution >= 0.6 is 0 Å². The molecule has 6 heteroatoms. The van der Waals surface area contributed by atoms with Crippen LogP contribution in [0, 0.1) is 0 Å². The average molecular weight is 366 g/mol.